The second-order valence-electron chi connectivity index (χ2n) is 9.56. The molecule has 4 fully saturated rings. The molecular formula is C23H39N3O3. The normalized spacial score (nSPS) is 27.2. The molecule has 2 saturated carbocycles. The van der Waals surface area contributed by atoms with Crippen LogP contribution in [0, 0.1) is 11.8 Å². The van der Waals surface area contributed by atoms with Crippen molar-refractivity contribution in [1.82, 2.24) is 15.1 Å². The van der Waals surface area contributed by atoms with Gasteiger partial charge in [0.1, 0.15) is 0 Å². The third kappa shape index (κ3) is 5.72. The van der Waals surface area contributed by atoms with Crippen molar-refractivity contribution in [3.8, 4) is 0 Å². The van der Waals surface area contributed by atoms with E-state index in [2.05, 4.69) is 15.1 Å². The molecule has 0 aromatic carbocycles. The standard InChI is InChI=1S/C23H39N3O3/c27-22(18-5-2-1-3-6-18)24-12-14-26(20-10-15-29-16-11-20)21-7-4-13-25(17-21)23(28)19-8-9-19/h18-21H,1-17H2,(H,24,27). The first-order chi connectivity index (χ1) is 14.2. The molecule has 2 aliphatic carbocycles. The fourth-order valence-corrected chi connectivity index (χ4v) is 5.51. The van der Waals surface area contributed by atoms with Crippen LogP contribution in [0.1, 0.15) is 70.6 Å². The van der Waals surface area contributed by atoms with Gasteiger partial charge in [0, 0.05) is 63.3 Å². The lowest BCUT2D eigenvalue weighted by Gasteiger charge is -2.44. The van der Waals surface area contributed by atoms with Gasteiger partial charge in [-0.15, -0.1) is 0 Å². The highest BCUT2D eigenvalue weighted by Gasteiger charge is 2.37. The molecular weight excluding hydrogens is 366 g/mol. The summed E-state index contributed by atoms with van der Waals surface area (Å²) in [4.78, 5) is 29.9. The molecule has 29 heavy (non-hydrogen) atoms. The largest absolute Gasteiger partial charge is 0.381 e. The first-order valence-corrected chi connectivity index (χ1v) is 12.1. The highest BCUT2D eigenvalue weighted by molar-refractivity contribution is 5.81. The van der Waals surface area contributed by atoms with Gasteiger partial charge in [0.2, 0.25) is 11.8 Å². The Labute approximate surface area is 175 Å². The number of carbonyl (C=O) groups is 2. The van der Waals surface area contributed by atoms with Crippen molar-refractivity contribution in [2.24, 2.45) is 11.8 Å². The third-order valence-electron chi connectivity index (χ3n) is 7.41. The van der Waals surface area contributed by atoms with E-state index in [1.807, 2.05) is 0 Å². The Morgan fingerprint density at radius 2 is 1.62 bits per heavy atom. The summed E-state index contributed by atoms with van der Waals surface area (Å²) < 4.78 is 5.60. The predicted octanol–water partition coefficient (Wildman–Crippen LogP) is 2.56. The van der Waals surface area contributed by atoms with Gasteiger partial charge >= 0.3 is 0 Å². The Hall–Kier alpha value is -1.14. The molecule has 164 valence electrons. The van der Waals surface area contributed by atoms with E-state index in [0.717, 1.165) is 90.8 Å². The van der Waals surface area contributed by atoms with Crippen molar-refractivity contribution < 1.29 is 14.3 Å². The van der Waals surface area contributed by atoms with Gasteiger partial charge < -0.3 is 15.0 Å². The molecule has 1 unspecified atom stereocenters. The highest BCUT2D eigenvalue weighted by Crippen LogP contribution is 2.33. The number of piperidine rings is 1. The lowest BCUT2D eigenvalue weighted by Crippen LogP contribution is -2.55. The quantitative estimate of drug-likeness (QED) is 0.707. The maximum atomic E-state index is 12.6. The van der Waals surface area contributed by atoms with E-state index in [9.17, 15) is 9.59 Å². The van der Waals surface area contributed by atoms with E-state index < -0.39 is 0 Å². The minimum atomic E-state index is 0.224. The van der Waals surface area contributed by atoms with Crippen molar-refractivity contribution in [3.63, 3.8) is 0 Å². The fourth-order valence-electron chi connectivity index (χ4n) is 5.51. The lowest BCUT2D eigenvalue weighted by molar-refractivity contribution is -0.135. The molecule has 0 bridgehead atoms. The summed E-state index contributed by atoms with van der Waals surface area (Å²) >= 11 is 0. The SMILES string of the molecule is O=C(NCCN(C1CCOCC1)C1CCCN(C(=O)C2CC2)C1)C1CCCCC1. The van der Waals surface area contributed by atoms with Crippen LogP contribution >= 0.6 is 0 Å². The summed E-state index contributed by atoms with van der Waals surface area (Å²) in [7, 11) is 0. The monoisotopic (exact) mass is 405 g/mol. The minimum Gasteiger partial charge on any atom is -0.381 e. The smallest absolute Gasteiger partial charge is 0.225 e. The summed E-state index contributed by atoms with van der Waals surface area (Å²) in [6.07, 6.45) is 12.3. The zero-order valence-electron chi connectivity index (χ0n) is 17.9. The van der Waals surface area contributed by atoms with Crippen LogP contribution in [0.25, 0.3) is 0 Å². The van der Waals surface area contributed by atoms with Crippen LogP contribution in [0.4, 0.5) is 0 Å². The molecule has 1 atom stereocenters. The summed E-state index contributed by atoms with van der Waals surface area (Å²) in [6, 6.07) is 0.928. The first kappa shape index (κ1) is 21.1. The van der Waals surface area contributed by atoms with Crippen LogP contribution in [0.2, 0.25) is 0 Å². The van der Waals surface area contributed by atoms with Gasteiger partial charge in [-0.25, -0.2) is 0 Å². The molecule has 2 amide bonds. The van der Waals surface area contributed by atoms with Crippen molar-refractivity contribution in [3.05, 3.63) is 0 Å². The van der Waals surface area contributed by atoms with Crippen LogP contribution < -0.4 is 5.32 Å². The maximum absolute atomic E-state index is 12.6. The fraction of sp³-hybridized carbons (Fsp3) is 0.913. The van der Waals surface area contributed by atoms with E-state index >= 15 is 0 Å². The zero-order chi connectivity index (χ0) is 20.1. The molecule has 2 aliphatic heterocycles. The van der Waals surface area contributed by atoms with Gasteiger partial charge in [0.25, 0.3) is 0 Å². The number of carbonyl (C=O) groups excluding carboxylic acids is 2. The number of amides is 2. The molecule has 6 nitrogen and oxygen atoms in total. The third-order valence-corrected chi connectivity index (χ3v) is 7.41. The van der Waals surface area contributed by atoms with E-state index in [1.165, 1.54) is 19.3 Å². The van der Waals surface area contributed by atoms with E-state index in [1.54, 1.807) is 0 Å². The predicted molar refractivity (Wildman–Crippen MR) is 112 cm³/mol. The van der Waals surface area contributed by atoms with Crippen molar-refractivity contribution in [1.29, 1.82) is 0 Å². The molecule has 0 spiro atoms. The number of nitrogens with one attached hydrogen (secondary N) is 1. The van der Waals surface area contributed by atoms with Gasteiger partial charge in [-0.05, 0) is 51.4 Å². The Kier molecular flexibility index (Phi) is 7.46. The Morgan fingerprint density at radius 1 is 0.862 bits per heavy atom. The summed E-state index contributed by atoms with van der Waals surface area (Å²) in [5.41, 5.74) is 0. The molecule has 2 saturated heterocycles. The van der Waals surface area contributed by atoms with Gasteiger partial charge in [0.15, 0.2) is 0 Å². The number of nitrogens with zero attached hydrogens (tertiary/aromatic N) is 2. The Morgan fingerprint density at radius 3 is 2.34 bits per heavy atom. The number of likely N-dealkylation sites (tertiary alicyclic amines) is 1. The summed E-state index contributed by atoms with van der Waals surface area (Å²) in [5.74, 6) is 1.17. The average Bonchev–Trinajstić information content (AvgIpc) is 3.63. The van der Waals surface area contributed by atoms with Crippen molar-refractivity contribution in [2.45, 2.75) is 82.7 Å². The Bertz CT molecular complexity index is 554. The molecule has 0 aromatic heterocycles. The van der Waals surface area contributed by atoms with Gasteiger partial charge in [-0.2, -0.15) is 0 Å². The average molecular weight is 406 g/mol. The van der Waals surface area contributed by atoms with E-state index in [-0.39, 0.29) is 11.8 Å². The van der Waals surface area contributed by atoms with Gasteiger partial charge in [0.05, 0.1) is 0 Å². The van der Waals surface area contributed by atoms with Crippen LogP contribution in [0.5, 0.6) is 0 Å². The molecule has 0 aromatic rings. The minimum absolute atomic E-state index is 0.224. The van der Waals surface area contributed by atoms with Gasteiger partial charge in [-0.3, -0.25) is 14.5 Å². The molecule has 6 heteroatoms. The molecule has 0 radical (unpaired) electrons. The second kappa shape index (κ2) is 10.3. The molecule has 2 heterocycles. The highest BCUT2D eigenvalue weighted by atomic mass is 16.5. The van der Waals surface area contributed by atoms with E-state index in [4.69, 9.17) is 4.74 Å². The number of hydrogen-bond acceptors (Lipinski definition) is 4. The van der Waals surface area contributed by atoms with Crippen LogP contribution in [-0.4, -0.2) is 73.1 Å². The van der Waals surface area contributed by atoms with Crippen LogP contribution in [0.3, 0.4) is 0 Å². The second-order valence-corrected chi connectivity index (χ2v) is 9.56. The first-order valence-electron chi connectivity index (χ1n) is 12.1. The summed E-state index contributed by atoms with van der Waals surface area (Å²) in [5, 5.41) is 3.23. The lowest BCUT2D eigenvalue weighted by atomic mass is 9.89. The van der Waals surface area contributed by atoms with Crippen LogP contribution in [0.15, 0.2) is 0 Å². The molecule has 4 rings (SSSR count). The topological polar surface area (TPSA) is 61.9 Å². The summed E-state index contributed by atoms with van der Waals surface area (Å²) in [6.45, 7) is 5.05. The number of rotatable bonds is 7. The van der Waals surface area contributed by atoms with Crippen LogP contribution in [-0.2, 0) is 14.3 Å². The maximum Gasteiger partial charge on any atom is 0.225 e. The van der Waals surface area contributed by atoms with Crippen molar-refractivity contribution >= 4 is 11.8 Å². The van der Waals surface area contributed by atoms with Gasteiger partial charge in [-0.1, -0.05) is 19.3 Å². The molecule has 1 N–H and O–H groups in total. The number of hydrogen-bond donors (Lipinski definition) is 1. The van der Waals surface area contributed by atoms with E-state index in [0.29, 0.717) is 23.9 Å². The Balaban J connectivity index is 1.32. The molecule has 4 aliphatic rings. The van der Waals surface area contributed by atoms with Crippen molar-refractivity contribution in [2.75, 3.05) is 39.4 Å². The zero-order valence-corrected chi connectivity index (χ0v) is 17.9. The number of ether oxygens (including phenoxy) is 1.